The summed E-state index contributed by atoms with van der Waals surface area (Å²) in [6.07, 6.45) is 1.41. The first-order chi connectivity index (χ1) is 8.25. The SMILES string of the molecule is CC(C)(C)C(CO)N=Cc1cc(F)cc(I)c1O. The third kappa shape index (κ3) is 3.91. The highest BCUT2D eigenvalue weighted by atomic mass is 127. The van der Waals surface area contributed by atoms with E-state index in [1.807, 2.05) is 43.4 Å². The lowest BCUT2D eigenvalue weighted by Gasteiger charge is -2.25. The molecule has 0 aliphatic carbocycles. The van der Waals surface area contributed by atoms with Gasteiger partial charge in [-0.05, 0) is 40.1 Å². The van der Waals surface area contributed by atoms with Crippen LogP contribution < -0.4 is 0 Å². The normalized spacial score (nSPS) is 14.1. The maximum Gasteiger partial charge on any atom is 0.137 e. The van der Waals surface area contributed by atoms with Crippen molar-refractivity contribution in [2.75, 3.05) is 6.61 Å². The van der Waals surface area contributed by atoms with Crippen LogP contribution in [0.1, 0.15) is 26.3 Å². The van der Waals surface area contributed by atoms with Gasteiger partial charge < -0.3 is 10.2 Å². The van der Waals surface area contributed by atoms with Crippen molar-refractivity contribution >= 4 is 28.8 Å². The summed E-state index contributed by atoms with van der Waals surface area (Å²) in [5.41, 5.74) is 0.128. The van der Waals surface area contributed by atoms with E-state index in [0.717, 1.165) is 0 Å². The topological polar surface area (TPSA) is 52.8 Å². The number of aromatic hydroxyl groups is 1. The van der Waals surface area contributed by atoms with Gasteiger partial charge in [0.15, 0.2) is 0 Å². The van der Waals surface area contributed by atoms with Gasteiger partial charge in [0.25, 0.3) is 0 Å². The number of phenolic OH excluding ortho intramolecular Hbond substituents is 1. The fourth-order valence-corrected chi connectivity index (χ4v) is 2.01. The van der Waals surface area contributed by atoms with Gasteiger partial charge in [-0.1, -0.05) is 20.8 Å². The van der Waals surface area contributed by atoms with Crippen LogP contribution >= 0.6 is 22.6 Å². The minimum Gasteiger partial charge on any atom is -0.506 e. The van der Waals surface area contributed by atoms with Crippen LogP contribution in [0.4, 0.5) is 4.39 Å². The summed E-state index contributed by atoms with van der Waals surface area (Å²) in [5, 5.41) is 19.0. The van der Waals surface area contributed by atoms with Crippen molar-refractivity contribution in [2.24, 2.45) is 10.4 Å². The molecule has 0 amide bonds. The zero-order chi connectivity index (χ0) is 13.9. The molecule has 0 aliphatic rings. The first-order valence-corrected chi connectivity index (χ1v) is 6.65. The van der Waals surface area contributed by atoms with E-state index in [2.05, 4.69) is 4.99 Å². The molecular weight excluding hydrogens is 348 g/mol. The Morgan fingerprint density at radius 2 is 2.06 bits per heavy atom. The summed E-state index contributed by atoms with van der Waals surface area (Å²) >= 11 is 1.86. The molecule has 100 valence electrons. The van der Waals surface area contributed by atoms with Gasteiger partial charge in [-0.2, -0.15) is 0 Å². The minimum absolute atomic E-state index is 0.00588. The van der Waals surface area contributed by atoms with E-state index in [0.29, 0.717) is 9.13 Å². The Labute approximate surface area is 120 Å². The second-order valence-electron chi connectivity index (χ2n) is 5.17. The molecule has 0 fully saturated rings. The molecule has 18 heavy (non-hydrogen) atoms. The summed E-state index contributed by atoms with van der Waals surface area (Å²) in [7, 11) is 0. The summed E-state index contributed by atoms with van der Waals surface area (Å²) in [6, 6.07) is 2.18. The zero-order valence-corrected chi connectivity index (χ0v) is 12.8. The Kier molecular flexibility index (Phi) is 5.10. The Morgan fingerprint density at radius 3 is 2.56 bits per heavy atom. The molecule has 5 heteroatoms. The summed E-state index contributed by atoms with van der Waals surface area (Å²) < 4.78 is 13.7. The Bertz CT molecular complexity index is 455. The molecular formula is C13H17FINO2. The monoisotopic (exact) mass is 365 g/mol. The van der Waals surface area contributed by atoms with E-state index in [4.69, 9.17) is 0 Å². The van der Waals surface area contributed by atoms with Crippen molar-refractivity contribution in [2.45, 2.75) is 26.8 Å². The molecule has 0 heterocycles. The van der Waals surface area contributed by atoms with Gasteiger partial charge in [-0.3, -0.25) is 4.99 Å². The van der Waals surface area contributed by atoms with Crippen molar-refractivity contribution < 1.29 is 14.6 Å². The quantitative estimate of drug-likeness (QED) is 0.639. The summed E-state index contributed by atoms with van der Waals surface area (Å²) in [5.74, 6) is -0.415. The molecule has 0 spiro atoms. The largest absolute Gasteiger partial charge is 0.506 e. The van der Waals surface area contributed by atoms with Crippen LogP contribution in [0.5, 0.6) is 5.75 Å². The number of aliphatic hydroxyl groups is 1. The molecule has 0 aromatic heterocycles. The lowest BCUT2D eigenvalue weighted by molar-refractivity contribution is 0.191. The second kappa shape index (κ2) is 5.97. The molecule has 1 aromatic rings. The maximum atomic E-state index is 13.2. The van der Waals surface area contributed by atoms with Gasteiger partial charge >= 0.3 is 0 Å². The molecule has 0 saturated heterocycles. The van der Waals surface area contributed by atoms with Crippen molar-refractivity contribution in [3.05, 3.63) is 27.1 Å². The van der Waals surface area contributed by atoms with Gasteiger partial charge in [-0.15, -0.1) is 0 Å². The third-order valence-corrected chi connectivity index (χ3v) is 3.45. The number of nitrogens with zero attached hydrogens (tertiary/aromatic N) is 1. The molecule has 1 unspecified atom stereocenters. The number of benzene rings is 1. The average molecular weight is 365 g/mol. The van der Waals surface area contributed by atoms with Crippen LogP contribution in [0.15, 0.2) is 17.1 Å². The molecule has 0 radical (unpaired) electrons. The van der Waals surface area contributed by atoms with Gasteiger partial charge in [0.2, 0.25) is 0 Å². The number of aliphatic hydroxyl groups excluding tert-OH is 1. The Morgan fingerprint density at radius 1 is 1.44 bits per heavy atom. The average Bonchev–Trinajstić information content (AvgIpc) is 2.23. The predicted molar refractivity (Wildman–Crippen MR) is 78.7 cm³/mol. The standard InChI is InChI=1S/C13H17FINO2/c1-13(2,3)11(7-17)16-6-8-4-9(14)5-10(15)12(8)18/h4-6,11,17-18H,7H2,1-3H3. The van der Waals surface area contributed by atoms with Crippen molar-refractivity contribution in [1.29, 1.82) is 0 Å². The highest BCUT2D eigenvalue weighted by molar-refractivity contribution is 14.1. The Balaban J connectivity index is 3.04. The lowest BCUT2D eigenvalue weighted by Crippen LogP contribution is -2.28. The molecule has 0 aliphatic heterocycles. The second-order valence-corrected chi connectivity index (χ2v) is 6.33. The van der Waals surface area contributed by atoms with Crippen LogP contribution in [-0.2, 0) is 0 Å². The highest BCUT2D eigenvalue weighted by Crippen LogP contribution is 2.26. The number of hydrogen-bond donors (Lipinski definition) is 2. The number of hydrogen-bond acceptors (Lipinski definition) is 3. The first kappa shape index (κ1) is 15.4. The first-order valence-electron chi connectivity index (χ1n) is 5.57. The van der Waals surface area contributed by atoms with Gasteiger partial charge in [-0.25, -0.2) is 4.39 Å². The van der Waals surface area contributed by atoms with E-state index < -0.39 is 5.82 Å². The van der Waals surface area contributed by atoms with Crippen LogP contribution in [0, 0.1) is 14.8 Å². The lowest BCUT2D eigenvalue weighted by atomic mass is 9.88. The summed E-state index contributed by atoms with van der Waals surface area (Å²) in [6.45, 7) is 5.79. The fraction of sp³-hybridized carbons (Fsp3) is 0.462. The van der Waals surface area contributed by atoms with Crippen LogP contribution in [-0.4, -0.2) is 29.1 Å². The fourth-order valence-electron chi connectivity index (χ4n) is 1.40. The predicted octanol–water partition coefficient (Wildman–Crippen LogP) is 2.96. The molecule has 1 aromatic carbocycles. The molecule has 1 atom stereocenters. The molecule has 3 nitrogen and oxygen atoms in total. The number of phenols is 1. The molecule has 0 saturated carbocycles. The van der Waals surface area contributed by atoms with Crippen LogP contribution in [0.3, 0.4) is 0 Å². The number of halogens is 2. The number of aliphatic imine (C=N–C) groups is 1. The van der Waals surface area contributed by atoms with Crippen molar-refractivity contribution in [3.63, 3.8) is 0 Å². The van der Waals surface area contributed by atoms with E-state index in [1.165, 1.54) is 18.3 Å². The van der Waals surface area contributed by atoms with Crippen LogP contribution in [0.25, 0.3) is 0 Å². The minimum atomic E-state index is -0.421. The van der Waals surface area contributed by atoms with Crippen molar-refractivity contribution in [3.8, 4) is 5.75 Å². The van der Waals surface area contributed by atoms with Gasteiger partial charge in [0.1, 0.15) is 11.6 Å². The number of rotatable bonds is 3. The van der Waals surface area contributed by atoms with E-state index in [9.17, 15) is 14.6 Å². The molecule has 1 rings (SSSR count). The summed E-state index contributed by atoms with van der Waals surface area (Å²) in [4.78, 5) is 4.22. The molecule has 2 N–H and O–H groups in total. The zero-order valence-electron chi connectivity index (χ0n) is 10.6. The van der Waals surface area contributed by atoms with Gasteiger partial charge in [0.05, 0.1) is 16.2 Å². The van der Waals surface area contributed by atoms with Gasteiger partial charge in [0, 0.05) is 11.8 Å². The van der Waals surface area contributed by atoms with E-state index in [-0.39, 0.29) is 23.8 Å². The van der Waals surface area contributed by atoms with Crippen LogP contribution in [0.2, 0.25) is 0 Å². The maximum absolute atomic E-state index is 13.2. The highest BCUT2D eigenvalue weighted by Gasteiger charge is 2.22. The molecule has 0 bridgehead atoms. The Hall–Kier alpha value is -0.690. The van der Waals surface area contributed by atoms with E-state index in [1.54, 1.807) is 0 Å². The third-order valence-electron chi connectivity index (χ3n) is 2.62. The smallest absolute Gasteiger partial charge is 0.137 e. The van der Waals surface area contributed by atoms with E-state index >= 15 is 0 Å². The van der Waals surface area contributed by atoms with Crippen molar-refractivity contribution in [1.82, 2.24) is 0 Å².